The number of aromatic nitrogens is 2. The second-order valence-corrected chi connectivity index (χ2v) is 6.98. The van der Waals surface area contributed by atoms with Crippen molar-refractivity contribution in [2.45, 2.75) is 19.9 Å². The van der Waals surface area contributed by atoms with Crippen molar-refractivity contribution in [1.82, 2.24) is 20.4 Å². The number of allylic oxidation sites excluding steroid dienone is 1. The normalized spacial score (nSPS) is 16.7. The Labute approximate surface area is 169 Å². The average molecular weight is 386 g/mol. The third-order valence-electron chi connectivity index (χ3n) is 4.97. The molecule has 6 nitrogen and oxygen atoms in total. The van der Waals surface area contributed by atoms with E-state index in [1.165, 1.54) is 0 Å². The number of urea groups is 1. The van der Waals surface area contributed by atoms with Gasteiger partial charge >= 0.3 is 6.03 Å². The third-order valence-corrected chi connectivity index (χ3v) is 4.97. The quantitative estimate of drug-likeness (QED) is 0.644. The summed E-state index contributed by atoms with van der Waals surface area (Å²) < 4.78 is 5.66. The third kappa shape index (κ3) is 3.57. The highest BCUT2D eigenvalue weighted by Crippen LogP contribution is 2.37. The Morgan fingerprint density at radius 2 is 1.97 bits per heavy atom. The van der Waals surface area contributed by atoms with E-state index in [1.54, 1.807) is 11.0 Å². The van der Waals surface area contributed by atoms with Gasteiger partial charge in [0.25, 0.3) is 5.89 Å². The molecule has 146 valence electrons. The number of hydrogen-bond acceptors (Lipinski definition) is 4. The van der Waals surface area contributed by atoms with Gasteiger partial charge < -0.3 is 9.84 Å². The molecule has 1 N–H and O–H groups in total. The van der Waals surface area contributed by atoms with Crippen molar-refractivity contribution in [3.63, 3.8) is 0 Å². The van der Waals surface area contributed by atoms with Gasteiger partial charge in [-0.25, -0.2) is 4.79 Å². The molecule has 0 bridgehead atoms. The highest BCUT2D eigenvalue weighted by atomic mass is 16.5. The summed E-state index contributed by atoms with van der Waals surface area (Å²) in [5, 5.41) is 7.24. The number of benzene rings is 2. The predicted molar refractivity (Wildman–Crippen MR) is 112 cm³/mol. The molecule has 1 aliphatic rings. The fourth-order valence-electron chi connectivity index (χ4n) is 3.54. The number of hydrogen-bond donors (Lipinski definition) is 1. The first-order valence-electron chi connectivity index (χ1n) is 9.44. The van der Waals surface area contributed by atoms with Gasteiger partial charge in [0.1, 0.15) is 0 Å². The highest BCUT2D eigenvalue weighted by molar-refractivity contribution is 5.87. The standard InChI is InChI=1S/C23H22N4O2/c1-4-13-27-16(3)19(20(24-23(27)28)17-10-6-5-7-11-17)22-25-21(26-29-22)18-12-8-9-15(2)14-18/h4-12,14,20H,1,13H2,2-3H3,(H,24,28). The number of carbonyl (C=O) groups excluding carboxylic acids is 1. The Hall–Kier alpha value is -3.67. The van der Waals surface area contributed by atoms with Gasteiger partial charge in [0.2, 0.25) is 5.82 Å². The maximum atomic E-state index is 12.7. The van der Waals surface area contributed by atoms with Crippen molar-refractivity contribution >= 4 is 11.6 Å². The van der Waals surface area contributed by atoms with Crippen LogP contribution in [0.15, 0.2) is 77.5 Å². The summed E-state index contributed by atoms with van der Waals surface area (Å²) in [7, 11) is 0. The molecule has 4 rings (SSSR count). The van der Waals surface area contributed by atoms with Crippen LogP contribution in [0.2, 0.25) is 0 Å². The number of carbonyl (C=O) groups is 1. The van der Waals surface area contributed by atoms with Gasteiger partial charge in [-0.15, -0.1) is 6.58 Å². The fraction of sp³-hybridized carbons (Fsp3) is 0.174. The van der Waals surface area contributed by atoms with E-state index in [0.29, 0.717) is 18.3 Å². The summed E-state index contributed by atoms with van der Waals surface area (Å²) in [5.41, 5.74) is 4.50. The van der Waals surface area contributed by atoms with E-state index in [2.05, 4.69) is 22.0 Å². The van der Waals surface area contributed by atoms with Gasteiger partial charge in [-0.1, -0.05) is 65.3 Å². The van der Waals surface area contributed by atoms with Gasteiger partial charge in [-0.2, -0.15) is 4.98 Å². The zero-order chi connectivity index (χ0) is 20.4. The molecule has 0 aliphatic carbocycles. The summed E-state index contributed by atoms with van der Waals surface area (Å²) >= 11 is 0. The van der Waals surface area contributed by atoms with Gasteiger partial charge in [0.15, 0.2) is 0 Å². The Morgan fingerprint density at radius 3 is 2.69 bits per heavy atom. The Morgan fingerprint density at radius 1 is 1.17 bits per heavy atom. The SMILES string of the molecule is C=CCN1C(=O)NC(c2ccccc2)C(c2nc(-c3cccc(C)c3)no2)=C1C. The van der Waals surface area contributed by atoms with Crippen molar-refractivity contribution in [2.24, 2.45) is 0 Å². The molecule has 2 aromatic carbocycles. The maximum Gasteiger partial charge on any atom is 0.322 e. The Bertz CT molecular complexity index is 1090. The first-order chi connectivity index (χ1) is 14.1. The Balaban J connectivity index is 1.82. The summed E-state index contributed by atoms with van der Waals surface area (Å²) in [5.74, 6) is 0.907. The minimum absolute atomic E-state index is 0.182. The van der Waals surface area contributed by atoms with E-state index in [9.17, 15) is 4.79 Å². The summed E-state index contributed by atoms with van der Waals surface area (Å²) in [6.07, 6.45) is 1.69. The lowest BCUT2D eigenvalue weighted by Gasteiger charge is -2.34. The lowest BCUT2D eigenvalue weighted by molar-refractivity contribution is 0.209. The molecule has 1 atom stereocenters. The van der Waals surface area contributed by atoms with Crippen LogP contribution in [0.4, 0.5) is 4.79 Å². The zero-order valence-electron chi connectivity index (χ0n) is 16.4. The van der Waals surface area contributed by atoms with Crippen molar-refractivity contribution < 1.29 is 9.32 Å². The van der Waals surface area contributed by atoms with Crippen LogP contribution >= 0.6 is 0 Å². The molecule has 0 saturated carbocycles. The van der Waals surface area contributed by atoms with Crippen LogP contribution < -0.4 is 5.32 Å². The molecular formula is C23H22N4O2. The first kappa shape index (κ1) is 18.7. The molecule has 0 fully saturated rings. The minimum atomic E-state index is -0.379. The van der Waals surface area contributed by atoms with Gasteiger partial charge in [0, 0.05) is 17.8 Å². The monoisotopic (exact) mass is 386 g/mol. The number of aryl methyl sites for hydroxylation is 1. The lowest BCUT2D eigenvalue weighted by Crippen LogP contribution is -2.46. The summed E-state index contributed by atoms with van der Waals surface area (Å²) in [6.45, 7) is 8.06. The van der Waals surface area contributed by atoms with E-state index in [1.807, 2.05) is 68.4 Å². The van der Waals surface area contributed by atoms with Gasteiger partial charge in [-0.3, -0.25) is 4.90 Å². The van der Waals surface area contributed by atoms with Crippen LogP contribution in [0.3, 0.4) is 0 Å². The first-order valence-corrected chi connectivity index (χ1v) is 9.44. The van der Waals surface area contributed by atoms with E-state index >= 15 is 0 Å². The van der Waals surface area contributed by atoms with E-state index in [0.717, 1.165) is 28.0 Å². The average Bonchev–Trinajstić information content (AvgIpc) is 3.21. The van der Waals surface area contributed by atoms with Crippen LogP contribution in [0.25, 0.3) is 17.0 Å². The van der Waals surface area contributed by atoms with Crippen LogP contribution in [0, 0.1) is 6.92 Å². The Kier molecular flexibility index (Phi) is 4.99. The van der Waals surface area contributed by atoms with Crippen LogP contribution in [0.1, 0.15) is 30.0 Å². The molecule has 29 heavy (non-hydrogen) atoms. The van der Waals surface area contributed by atoms with Crippen LogP contribution in [0.5, 0.6) is 0 Å². The van der Waals surface area contributed by atoms with Crippen molar-refractivity contribution in [2.75, 3.05) is 6.54 Å². The molecule has 0 spiro atoms. The number of nitrogens with zero attached hydrogens (tertiary/aromatic N) is 3. The van der Waals surface area contributed by atoms with Crippen molar-refractivity contribution in [3.8, 4) is 11.4 Å². The second kappa shape index (κ2) is 7.75. The van der Waals surface area contributed by atoms with Gasteiger partial charge in [-0.05, 0) is 25.5 Å². The molecule has 6 heteroatoms. The molecule has 1 aliphatic heterocycles. The molecule has 3 aromatic rings. The molecule has 1 aromatic heterocycles. The number of amides is 2. The number of rotatable bonds is 5. The van der Waals surface area contributed by atoms with E-state index in [4.69, 9.17) is 4.52 Å². The lowest BCUT2D eigenvalue weighted by atomic mass is 9.95. The maximum absolute atomic E-state index is 12.7. The molecule has 1 unspecified atom stereocenters. The largest absolute Gasteiger partial charge is 0.334 e. The summed E-state index contributed by atoms with van der Waals surface area (Å²) in [6, 6.07) is 17.1. The smallest absolute Gasteiger partial charge is 0.322 e. The highest BCUT2D eigenvalue weighted by Gasteiger charge is 2.35. The molecular weight excluding hydrogens is 364 g/mol. The molecule has 2 heterocycles. The van der Waals surface area contributed by atoms with Crippen LogP contribution in [-0.2, 0) is 0 Å². The zero-order valence-corrected chi connectivity index (χ0v) is 16.4. The van der Waals surface area contributed by atoms with E-state index in [-0.39, 0.29) is 12.1 Å². The molecule has 2 amide bonds. The van der Waals surface area contributed by atoms with Gasteiger partial charge in [0.05, 0.1) is 11.6 Å². The number of nitrogens with one attached hydrogen (secondary N) is 1. The molecule has 0 saturated heterocycles. The van der Waals surface area contributed by atoms with Crippen LogP contribution in [-0.4, -0.2) is 27.6 Å². The predicted octanol–water partition coefficient (Wildman–Crippen LogP) is 4.73. The fourth-order valence-corrected chi connectivity index (χ4v) is 3.54. The van der Waals surface area contributed by atoms with E-state index < -0.39 is 0 Å². The molecule has 0 radical (unpaired) electrons. The minimum Gasteiger partial charge on any atom is -0.334 e. The van der Waals surface area contributed by atoms with Crippen molar-refractivity contribution in [1.29, 1.82) is 0 Å². The topological polar surface area (TPSA) is 71.3 Å². The van der Waals surface area contributed by atoms with Crippen molar-refractivity contribution in [3.05, 3.63) is 90.0 Å². The summed E-state index contributed by atoms with van der Waals surface area (Å²) in [4.78, 5) is 19.0. The second-order valence-electron chi connectivity index (χ2n) is 6.98.